The molecule has 0 radical (unpaired) electrons. The zero-order valence-electron chi connectivity index (χ0n) is 21.8. The molecule has 0 aromatic rings. The van der Waals surface area contributed by atoms with E-state index < -0.39 is 29.7 Å². The molecular formula is C28H46O6. The maximum absolute atomic E-state index is 12.2. The molecule has 4 aliphatic carbocycles. The molecule has 0 unspecified atom stereocenters. The second kappa shape index (κ2) is 6.99. The molecule has 0 aromatic carbocycles. The van der Waals surface area contributed by atoms with E-state index in [2.05, 4.69) is 34.6 Å². The quantitative estimate of drug-likeness (QED) is 0.427. The Morgan fingerprint density at radius 3 is 2.12 bits per heavy atom. The summed E-state index contributed by atoms with van der Waals surface area (Å²) in [6.07, 6.45) is 3.60. The number of hydrogen-bond donors (Lipinski definition) is 4. The Hall–Kier alpha value is -0.240. The molecule has 4 N–H and O–H groups in total. The first-order valence-corrected chi connectivity index (χ1v) is 13.8. The third kappa shape index (κ3) is 2.79. The molecule has 6 aliphatic rings. The minimum absolute atomic E-state index is 0.0682. The van der Waals surface area contributed by atoms with Crippen LogP contribution in [0, 0.1) is 46.3 Å². The van der Waals surface area contributed by atoms with Crippen LogP contribution in [0.5, 0.6) is 0 Å². The summed E-state index contributed by atoms with van der Waals surface area (Å²) in [5, 5.41) is 44.8. The Bertz CT molecular complexity index is 858. The highest BCUT2D eigenvalue weighted by molar-refractivity contribution is 5.22. The summed E-state index contributed by atoms with van der Waals surface area (Å²) in [6.45, 7) is 12.8. The maximum atomic E-state index is 12.2. The van der Waals surface area contributed by atoms with Crippen molar-refractivity contribution >= 4 is 0 Å². The van der Waals surface area contributed by atoms with Gasteiger partial charge in [-0.2, -0.15) is 0 Å². The zero-order valence-corrected chi connectivity index (χ0v) is 21.8. The fourth-order valence-electron chi connectivity index (χ4n) is 10.7. The molecule has 6 fully saturated rings. The highest BCUT2D eigenvalue weighted by Gasteiger charge is 2.77. The van der Waals surface area contributed by atoms with Crippen molar-refractivity contribution in [3.63, 3.8) is 0 Å². The molecule has 0 bridgehead atoms. The van der Waals surface area contributed by atoms with Gasteiger partial charge in [0.05, 0.1) is 30.0 Å². The first kappa shape index (κ1) is 24.1. The number of ether oxygens (including phenoxy) is 2. The monoisotopic (exact) mass is 478 g/mol. The molecule has 2 saturated heterocycles. The second-order valence-corrected chi connectivity index (χ2v) is 14.5. The fraction of sp³-hybridized carbons (Fsp3) is 1.00. The van der Waals surface area contributed by atoms with E-state index in [1.54, 1.807) is 0 Å². The molecule has 6 nitrogen and oxygen atoms in total. The lowest BCUT2D eigenvalue weighted by Gasteiger charge is -2.63. The summed E-state index contributed by atoms with van der Waals surface area (Å²) in [7, 11) is 0. The Morgan fingerprint density at radius 2 is 1.47 bits per heavy atom. The molecule has 0 amide bonds. The van der Waals surface area contributed by atoms with E-state index in [1.165, 1.54) is 0 Å². The number of hydrogen-bond acceptors (Lipinski definition) is 6. The molecule has 4 saturated carbocycles. The summed E-state index contributed by atoms with van der Waals surface area (Å²) in [5.74, 6) is 0.397. The van der Waals surface area contributed by atoms with Gasteiger partial charge < -0.3 is 29.9 Å². The van der Waals surface area contributed by atoms with Crippen molar-refractivity contribution in [2.24, 2.45) is 46.3 Å². The molecule has 14 atom stereocenters. The lowest BCUT2D eigenvalue weighted by Crippen LogP contribution is -2.63. The highest BCUT2D eigenvalue weighted by Crippen LogP contribution is 2.72. The van der Waals surface area contributed by atoms with E-state index in [9.17, 15) is 20.4 Å². The minimum atomic E-state index is -1.12. The summed E-state index contributed by atoms with van der Waals surface area (Å²) < 4.78 is 13.3. The van der Waals surface area contributed by atoms with Crippen LogP contribution in [0.15, 0.2) is 0 Å². The Morgan fingerprint density at radius 1 is 0.794 bits per heavy atom. The van der Waals surface area contributed by atoms with E-state index in [0.29, 0.717) is 43.4 Å². The van der Waals surface area contributed by atoms with Gasteiger partial charge >= 0.3 is 0 Å². The Kier molecular flexibility index (Phi) is 4.96. The van der Waals surface area contributed by atoms with Crippen molar-refractivity contribution in [2.45, 2.75) is 128 Å². The summed E-state index contributed by atoms with van der Waals surface area (Å²) in [5.41, 5.74) is -1.87. The SMILES string of the molecule is C[C@H]1C[C@@]2(O[C@H]3C[C@@H]4[C@@H]5CC[C@H]6C[C@H](O)[C@H](O)C[C@]6(C)[C@@H]5[C@@H](O)C[C@]4(C)[C@H]3[C@@]2(C)O)OC1(C)C. The van der Waals surface area contributed by atoms with E-state index in [4.69, 9.17) is 9.47 Å². The van der Waals surface area contributed by atoms with Crippen LogP contribution in [0.4, 0.5) is 0 Å². The molecule has 2 aliphatic heterocycles. The van der Waals surface area contributed by atoms with Gasteiger partial charge in [0.15, 0.2) is 5.79 Å². The first-order chi connectivity index (χ1) is 15.7. The van der Waals surface area contributed by atoms with Gasteiger partial charge in [0.1, 0.15) is 5.60 Å². The maximum Gasteiger partial charge on any atom is 0.198 e. The van der Waals surface area contributed by atoms with E-state index in [-0.39, 0.29) is 40.3 Å². The third-order valence-electron chi connectivity index (χ3n) is 12.5. The van der Waals surface area contributed by atoms with Crippen LogP contribution >= 0.6 is 0 Å². The summed E-state index contributed by atoms with van der Waals surface area (Å²) >= 11 is 0. The van der Waals surface area contributed by atoms with E-state index in [1.807, 2.05) is 6.92 Å². The van der Waals surface area contributed by atoms with Crippen LogP contribution in [0.2, 0.25) is 0 Å². The van der Waals surface area contributed by atoms with Gasteiger partial charge in [-0.15, -0.1) is 0 Å². The van der Waals surface area contributed by atoms with Crippen molar-refractivity contribution in [3.8, 4) is 0 Å². The Balaban J connectivity index is 1.34. The molecular weight excluding hydrogens is 432 g/mol. The largest absolute Gasteiger partial charge is 0.393 e. The normalized spacial score (nSPS) is 64.4. The van der Waals surface area contributed by atoms with Crippen molar-refractivity contribution in [2.75, 3.05) is 0 Å². The molecule has 6 heteroatoms. The predicted molar refractivity (Wildman–Crippen MR) is 127 cm³/mol. The van der Waals surface area contributed by atoms with Crippen LogP contribution < -0.4 is 0 Å². The average molecular weight is 479 g/mol. The van der Waals surface area contributed by atoms with Crippen LogP contribution in [-0.2, 0) is 9.47 Å². The lowest BCUT2D eigenvalue weighted by molar-refractivity contribution is -0.300. The molecule has 2 heterocycles. The van der Waals surface area contributed by atoms with Gasteiger partial charge in [0.2, 0.25) is 0 Å². The van der Waals surface area contributed by atoms with Crippen LogP contribution in [0.25, 0.3) is 0 Å². The molecule has 6 rings (SSSR count). The fourth-order valence-corrected chi connectivity index (χ4v) is 10.7. The van der Waals surface area contributed by atoms with Crippen molar-refractivity contribution in [1.29, 1.82) is 0 Å². The van der Waals surface area contributed by atoms with Crippen molar-refractivity contribution in [3.05, 3.63) is 0 Å². The second-order valence-electron chi connectivity index (χ2n) is 14.5. The third-order valence-corrected chi connectivity index (χ3v) is 12.5. The van der Waals surface area contributed by atoms with E-state index in [0.717, 1.165) is 19.3 Å². The number of fused-ring (bicyclic) bond motifs is 7. The molecule has 194 valence electrons. The zero-order chi connectivity index (χ0) is 24.6. The van der Waals surface area contributed by atoms with Gasteiger partial charge in [-0.1, -0.05) is 20.8 Å². The number of aliphatic hydroxyl groups excluding tert-OH is 3. The van der Waals surface area contributed by atoms with Gasteiger partial charge in [-0.3, -0.25) is 0 Å². The molecule has 34 heavy (non-hydrogen) atoms. The molecule has 0 aromatic heterocycles. The standard InChI is InChI=1S/C28H46O6/c1-14-11-28(34-24(14,2)3)27(6,32)23-21(33-28)10-17-16-8-7-15-9-18(29)19(30)12-25(15,4)22(16)20(31)13-26(17,23)5/h14-23,29-32H,7-13H2,1-6H3/t14-,15-,16-,17+,18-,19+,20-,21-,22-,23-,25-,26-,27+,28+/m0/s1. The van der Waals surface area contributed by atoms with Gasteiger partial charge in [-0.25, -0.2) is 0 Å². The number of aliphatic hydroxyl groups is 4. The van der Waals surface area contributed by atoms with Gasteiger partial charge in [0, 0.05) is 12.3 Å². The van der Waals surface area contributed by atoms with Crippen LogP contribution in [0.3, 0.4) is 0 Å². The topological polar surface area (TPSA) is 99.4 Å². The minimum Gasteiger partial charge on any atom is -0.393 e. The van der Waals surface area contributed by atoms with Crippen molar-refractivity contribution < 1.29 is 29.9 Å². The lowest BCUT2D eigenvalue weighted by atomic mass is 9.43. The van der Waals surface area contributed by atoms with Crippen LogP contribution in [0.1, 0.15) is 86.5 Å². The van der Waals surface area contributed by atoms with Crippen molar-refractivity contribution in [1.82, 2.24) is 0 Å². The van der Waals surface area contributed by atoms with Gasteiger partial charge in [-0.05, 0) is 99.7 Å². The Labute approximate surface area is 204 Å². The predicted octanol–water partition coefficient (Wildman–Crippen LogP) is 3.24. The molecule has 1 spiro atoms. The summed E-state index contributed by atoms with van der Waals surface area (Å²) in [6, 6.07) is 0. The first-order valence-electron chi connectivity index (χ1n) is 13.8. The van der Waals surface area contributed by atoms with Gasteiger partial charge in [0.25, 0.3) is 0 Å². The average Bonchev–Trinajstić information content (AvgIpc) is 3.20. The smallest absolute Gasteiger partial charge is 0.198 e. The summed E-state index contributed by atoms with van der Waals surface area (Å²) in [4.78, 5) is 0. The highest BCUT2D eigenvalue weighted by atomic mass is 16.7. The number of rotatable bonds is 0. The van der Waals surface area contributed by atoms with E-state index >= 15 is 0 Å². The van der Waals surface area contributed by atoms with Crippen LogP contribution in [-0.4, -0.2) is 61.8 Å².